The van der Waals surface area contributed by atoms with Crippen LogP contribution in [0.4, 0.5) is 4.39 Å². The maximum Gasteiger partial charge on any atom is 0.309 e. The van der Waals surface area contributed by atoms with Crippen LogP contribution in [0.2, 0.25) is 0 Å². The van der Waals surface area contributed by atoms with Crippen molar-refractivity contribution in [3.63, 3.8) is 0 Å². The maximum absolute atomic E-state index is 13.9. The van der Waals surface area contributed by atoms with Gasteiger partial charge in [0.2, 0.25) is 11.8 Å². The molecule has 0 N–H and O–H groups in total. The summed E-state index contributed by atoms with van der Waals surface area (Å²) in [5.41, 5.74) is 0.312. The third-order valence-corrected chi connectivity index (χ3v) is 5.51. The van der Waals surface area contributed by atoms with Crippen molar-refractivity contribution < 1.29 is 27.9 Å². The lowest BCUT2D eigenvalue weighted by Crippen LogP contribution is -2.45. The van der Waals surface area contributed by atoms with Crippen LogP contribution in [-0.4, -0.2) is 65.9 Å². The smallest absolute Gasteiger partial charge is 0.309 e. The van der Waals surface area contributed by atoms with Gasteiger partial charge in [-0.25, -0.2) is 9.37 Å². The number of esters is 1. The van der Waals surface area contributed by atoms with Crippen LogP contribution in [0.25, 0.3) is 11.3 Å². The number of carbonyl (C=O) groups is 3. The van der Waals surface area contributed by atoms with Crippen LogP contribution >= 0.6 is 0 Å². The molecule has 1 fully saturated rings. The normalized spacial score (nSPS) is 14.3. The van der Waals surface area contributed by atoms with Crippen molar-refractivity contribution in [1.82, 2.24) is 14.8 Å². The number of nitrogens with zero attached hydrogens (tertiary/aromatic N) is 3. The van der Waals surface area contributed by atoms with Gasteiger partial charge in [0.25, 0.3) is 0 Å². The lowest BCUT2D eigenvalue weighted by Gasteiger charge is -2.32. The fourth-order valence-electron chi connectivity index (χ4n) is 3.63. The minimum Gasteiger partial charge on any atom is -0.466 e. The number of hydrogen-bond donors (Lipinski definition) is 0. The Labute approximate surface area is 186 Å². The summed E-state index contributed by atoms with van der Waals surface area (Å²) in [5, 5.41) is 0. The molecule has 0 bridgehead atoms. The Hall–Kier alpha value is -3.23. The Morgan fingerprint density at radius 3 is 2.66 bits per heavy atom. The lowest BCUT2D eigenvalue weighted by atomic mass is 9.97. The van der Waals surface area contributed by atoms with Crippen LogP contribution in [0, 0.1) is 11.7 Å². The van der Waals surface area contributed by atoms with Crippen molar-refractivity contribution in [2.45, 2.75) is 32.6 Å². The molecular formula is C23H28FN3O5. The highest BCUT2D eigenvalue weighted by molar-refractivity contribution is 5.85. The van der Waals surface area contributed by atoms with E-state index in [1.165, 1.54) is 17.2 Å². The summed E-state index contributed by atoms with van der Waals surface area (Å²) < 4.78 is 24.5. The molecule has 8 nitrogen and oxygen atoms in total. The number of piperidine rings is 1. The van der Waals surface area contributed by atoms with Crippen molar-refractivity contribution in [3.05, 3.63) is 42.2 Å². The molecule has 1 aromatic heterocycles. The molecule has 32 heavy (non-hydrogen) atoms. The monoisotopic (exact) mass is 445 g/mol. The van der Waals surface area contributed by atoms with E-state index in [4.69, 9.17) is 9.15 Å². The number of likely N-dealkylation sites (tertiary alicyclic amines) is 1. The molecule has 2 amide bonds. The fourth-order valence-corrected chi connectivity index (χ4v) is 3.63. The van der Waals surface area contributed by atoms with Crippen molar-refractivity contribution in [2.24, 2.45) is 5.92 Å². The molecule has 1 aliphatic rings. The zero-order chi connectivity index (χ0) is 23.1. The van der Waals surface area contributed by atoms with E-state index in [0.29, 0.717) is 49.8 Å². The second-order valence-corrected chi connectivity index (χ2v) is 7.76. The van der Waals surface area contributed by atoms with Crippen LogP contribution in [0.1, 0.15) is 32.1 Å². The van der Waals surface area contributed by atoms with E-state index in [0.717, 1.165) is 0 Å². The van der Waals surface area contributed by atoms with Crippen LogP contribution in [0.15, 0.2) is 34.9 Å². The van der Waals surface area contributed by atoms with E-state index < -0.39 is 5.82 Å². The number of aromatic nitrogens is 1. The highest BCUT2D eigenvalue weighted by Crippen LogP contribution is 2.24. The summed E-state index contributed by atoms with van der Waals surface area (Å²) in [6.45, 7) is 3.03. The van der Waals surface area contributed by atoms with Gasteiger partial charge >= 0.3 is 5.97 Å². The average molecular weight is 445 g/mol. The SMILES string of the molecule is CCOC(=O)C1CCN(C(=O)CN(C)C(=O)CCc2ncc(-c3ccccc3F)o2)CC1. The van der Waals surface area contributed by atoms with Crippen molar-refractivity contribution >= 4 is 17.8 Å². The number of likely N-dealkylation sites (N-methyl/N-ethyl adjacent to an activating group) is 1. The van der Waals surface area contributed by atoms with E-state index >= 15 is 0 Å². The molecule has 2 heterocycles. The topological polar surface area (TPSA) is 93.0 Å². The highest BCUT2D eigenvalue weighted by Gasteiger charge is 2.29. The van der Waals surface area contributed by atoms with Crippen LogP contribution in [0.5, 0.6) is 0 Å². The molecule has 0 radical (unpaired) electrons. The molecule has 0 aliphatic carbocycles. The minimum absolute atomic E-state index is 0.0328. The van der Waals surface area contributed by atoms with Gasteiger partial charge in [-0.2, -0.15) is 0 Å². The van der Waals surface area contributed by atoms with Gasteiger partial charge < -0.3 is 19.0 Å². The van der Waals surface area contributed by atoms with Crippen LogP contribution in [0.3, 0.4) is 0 Å². The van der Waals surface area contributed by atoms with Crippen molar-refractivity contribution in [3.8, 4) is 11.3 Å². The predicted molar refractivity (Wildman–Crippen MR) is 114 cm³/mol. The summed E-state index contributed by atoms with van der Waals surface area (Å²) in [6.07, 6.45) is 2.93. The van der Waals surface area contributed by atoms with Gasteiger partial charge in [-0.3, -0.25) is 14.4 Å². The van der Waals surface area contributed by atoms with Gasteiger partial charge in [0.1, 0.15) is 5.82 Å². The Morgan fingerprint density at radius 1 is 1.25 bits per heavy atom. The Morgan fingerprint density at radius 2 is 1.97 bits per heavy atom. The maximum atomic E-state index is 13.9. The van der Waals surface area contributed by atoms with Gasteiger partial charge in [-0.05, 0) is 31.9 Å². The molecule has 0 spiro atoms. The number of amides is 2. The predicted octanol–water partition coefficient (Wildman–Crippen LogP) is 2.67. The molecule has 1 aliphatic heterocycles. The number of rotatable bonds is 8. The number of aryl methyl sites for hydroxylation is 1. The third-order valence-electron chi connectivity index (χ3n) is 5.51. The fraction of sp³-hybridized carbons (Fsp3) is 0.478. The first kappa shape index (κ1) is 23.4. The molecule has 0 unspecified atom stereocenters. The number of hydrogen-bond acceptors (Lipinski definition) is 6. The second kappa shape index (κ2) is 10.9. The standard InChI is InChI=1S/C23H28FN3O5/c1-3-31-23(30)16-10-12-27(13-11-16)22(29)15-26(2)21(28)9-8-20-25-14-19(32-20)17-6-4-5-7-18(17)24/h4-7,14,16H,3,8-13,15H2,1-2H3. The molecule has 0 saturated carbocycles. The number of halogens is 1. The van der Waals surface area contributed by atoms with Crippen molar-refractivity contribution in [1.29, 1.82) is 0 Å². The minimum atomic E-state index is -0.407. The Bertz CT molecular complexity index is 953. The summed E-state index contributed by atoms with van der Waals surface area (Å²) in [5.74, 6) is -0.523. The molecule has 3 rings (SSSR count). The summed E-state index contributed by atoms with van der Waals surface area (Å²) >= 11 is 0. The van der Waals surface area contributed by atoms with E-state index in [1.807, 2.05) is 0 Å². The van der Waals surface area contributed by atoms with Gasteiger partial charge in [0.05, 0.1) is 30.8 Å². The van der Waals surface area contributed by atoms with E-state index in [1.54, 1.807) is 37.1 Å². The highest BCUT2D eigenvalue weighted by atomic mass is 19.1. The quantitative estimate of drug-likeness (QED) is 0.580. The Kier molecular flexibility index (Phi) is 7.97. The third kappa shape index (κ3) is 5.93. The number of oxazole rings is 1. The molecule has 172 valence electrons. The van der Waals surface area contributed by atoms with Crippen LogP contribution in [-0.2, 0) is 25.5 Å². The summed E-state index contributed by atoms with van der Waals surface area (Å²) in [7, 11) is 1.58. The van der Waals surface area contributed by atoms with E-state index in [-0.39, 0.29) is 43.1 Å². The number of benzene rings is 1. The molecule has 2 aromatic rings. The Balaban J connectivity index is 1.44. The lowest BCUT2D eigenvalue weighted by molar-refractivity contribution is -0.151. The van der Waals surface area contributed by atoms with Gasteiger partial charge in [-0.15, -0.1) is 0 Å². The summed E-state index contributed by atoms with van der Waals surface area (Å²) in [4.78, 5) is 44.0. The van der Waals surface area contributed by atoms with E-state index in [9.17, 15) is 18.8 Å². The van der Waals surface area contributed by atoms with Crippen LogP contribution < -0.4 is 0 Å². The zero-order valence-corrected chi connectivity index (χ0v) is 18.4. The molecule has 9 heteroatoms. The van der Waals surface area contributed by atoms with Gasteiger partial charge in [0.15, 0.2) is 11.7 Å². The first-order valence-corrected chi connectivity index (χ1v) is 10.8. The number of carbonyl (C=O) groups excluding carboxylic acids is 3. The first-order chi connectivity index (χ1) is 15.4. The van der Waals surface area contributed by atoms with Gasteiger partial charge in [-0.1, -0.05) is 12.1 Å². The average Bonchev–Trinajstić information content (AvgIpc) is 3.26. The molecule has 1 saturated heterocycles. The largest absolute Gasteiger partial charge is 0.466 e. The van der Waals surface area contributed by atoms with Gasteiger partial charge in [0, 0.05) is 33.0 Å². The molecular weight excluding hydrogens is 417 g/mol. The molecule has 1 aromatic carbocycles. The molecule has 0 atom stereocenters. The number of ether oxygens (including phenoxy) is 1. The zero-order valence-electron chi connectivity index (χ0n) is 18.4. The summed E-state index contributed by atoms with van der Waals surface area (Å²) in [6, 6.07) is 6.23. The van der Waals surface area contributed by atoms with E-state index in [2.05, 4.69) is 4.98 Å². The van der Waals surface area contributed by atoms with Crippen molar-refractivity contribution in [2.75, 3.05) is 33.3 Å². The second-order valence-electron chi connectivity index (χ2n) is 7.76. The first-order valence-electron chi connectivity index (χ1n) is 10.8.